The molecule has 0 aliphatic carbocycles. The summed E-state index contributed by atoms with van der Waals surface area (Å²) in [7, 11) is 0. The monoisotopic (exact) mass is 347 g/mol. The highest BCUT2D eigenvalue weighted by molar-refractivity contribution is 7.10. The number of carbonyl (C=O) groups excluding carboxylic acids is 1. The molecular formula is C17H25N5OS. The van der Waals surface area contributed by atoms with Gasteiger partial charge in [0.15, 0.2) is 0 Å². The Labute approximate surface area is 146 Å². The van der Waals surface area contributed by atoms with Gasteiger partial charge in [0.25, 0.3) is 5.91 Å². The van der Waals surface area contributed by atoms with Gasteiger partial charge in [-0.2, -0.15) is 5.10 Å². The number of nitrogens with zero attached hydrogens (tertiary/aromatic N) is 5. The van der Waals surface area contributed by atoms with Crippen LogP contribution >= 0.6 is 11.3 Å². The number of amides is 1. The van der Waals surface area contributed by atoms with Crippen LogP contribution in [0.5, 0.6) is 0 Å². The molecule has 1 unspecified atom stereocenters. The van der Waals surface area contributed by atoms with Gasteiger partial charge in [-0.3, -0.25) is 4.79 Å². The summed E-state index contributed by atoms with van der Waals surface area (Å²) >= 11 is 1.57. The van der Waals surface area contributed by atoms with Crippen molar-refractivity contribution in [1.82, 2.24) is 24.6 Å². The maximum absolute atomic E-state index is 12.8. The van der Waals surface area contributed by atoms with Crippen molar-refractivity contribution in [2.45, 2.75) is 58.9 Å². The maximum atomic E-state index is 12.8. The second-order valence-electron chi connectivity index (χ2n) is 7.49. The highest BCUT2D eigenvalue weighted by Gasteiger charge is 2.29. The Morgan fingerprint density at radius 2 is 2.04 bits per heavy atom. The molecule has 1 amide bonds. The molecule has 0 aromatic carbocycles. The predicted molar refractivity (Wildman–Crippen MR) is 94.5 cm³/mol. The summed E-state index contributed by atoms with van der Waals surface area (Å²) in [6.07, 6.45) is 2.00. The zero-order valence-electron chi connectivity index (χ0n) is 15.0. The van der Waals surface area contributed by atoms with Gasteiger partial charge in [0.05, 0.1) is 11.0 Å². The van der Waals surface area contributed by atoms with Gasteiger partial charge in [0, 0.05) is 23.9 Å². The van der Waals surface area contributed by atoms with Crippen molar-refractivity contribution in [2.75, 3.05) is 13.1 Å². The molecule has 0 spiro atoms. The van der Waals surface area contributed by atoms with E-state index < -0.39 is 0 Å². The summed E-state index contributed by atoms with van der Waals surface area (Å²) in [4.78, 5) is 23.7. The number of piperidine rings is 1. The standard InChI is InChI=1S/C17H25N5OS/c1-11-18-12(2)22(20-11)13-7-6-8-21(9-13)15(23)14-10-24-16(19-14)17(3,4)5/h10,13H,6-9H2,1-5H3. The van der Waals surface area contributed by atoms with Crippen LogP contribution in [0.2, 0.25) is 0 Å². The molecule has 3 heterocycles. The number of likely N-dealkylation sites (tertiary alicyclic amines) is 1. The first-order chi connectivity index (χ1) is 11.3. The molecule has 0 N–H and O–H groups in total. The van der Waals surface area contributed by atoms with Gasteiger partial charge >= 0.3 is 0 Å². The first kappa shape index (κ1) is 17.1. The van der Waals surface area contributed by atoms with Crippen LogP contribution in [-0.2, 0) is 5.41 Å². The molecule has 0 radical (unpaired) electrons. The van der Waals surface area contributed by atoms with Gasteiger partial charge in [-0.15, -0.1) is 11.3 Å². The van der Waals surface area contributed by atoms with Crippen LogP contribution in [0.1, 0.15) is 66.8 Å². The van der Waals surface area contributed by atoms with E-state index in [2.05, 4.69) is 35.8 Å². The molecule has 1 aliphatic heterocycles. The fraction of sp³-hybridized carbons (Fsp3) is 0.647. The third-order valence-corrected chi connectivity index (χ3v) is 5.57. The molecule has 24 heavy (non-hydrogen) atoms. The Hall–Kier alpha value is -1.76. The van der Waals surface area contributed by atoms with Crippen molar-refractivity contribution < 1.29 is 4.79 Å². The van der Waals surface area contributed by atoms with Crippen LogP contribution in [0.25, 0.3) is 0 Å². The molecule has 7 heteroatoms. The molecule has 0 bridgehead atoms. The lowest BCUT2D eigenvalue weighted by Crippen LogP contribution is -2.41. The average Bonchev–Trinajstić information content (AvgIpc) is 3.13. The van der Waals surface area contributed by atoms with Crippen molar-refractivity contribution in [3.8, 4) is 0 Å². The Morgan fingerprint density at radius 3 is 2.62 bits per heavy atom. The first-order valence-corrected chi connectivity index (χ1v) is 9.28. The van der Waals surface area contributed by atoms with Gasteiger partial charge in [-0.25, -0.2) is 14.6 Å². The van der Waals surface area contributed by atoms with Gasteiger partial charge in [0.1, 0.15) is 17.3 Å². The fourth-order valence-corrected chi connectivity index (χ4v) is 3.98. The van der Waals surface area contributed by atoms with E-state index in [0.717, 1.165) is 36.0 Å². The van der Waals surface area contributed by atoms with E-state index in [1.807, 2.05) is 28.8 Å². The topological polar surface area (TPSA) is 63.9 Å². The van der Waals surface area contributed by atoms with Crippen molar-refractivity contribution in [2.24, 2.45) is 0 Å². The molecule has 0 saturated carbocycles. The molecule has 2 aromatic heterocycles. The number of hydrogen-bond donors (Lipinski definition) is 0. The highest BCUT2D eigenvalue weighted by atomic mass is 32.1. The number of rotatable bonds is 2. The predicted octanol–water partition coefficient (Wildman–Crippen LogP) is 3.13. The van der Waals surface area contributed by atoms with Crippen molar-refractivity contribution in [3.63, 3.8) is 0 Å². The number of aromatic nitrogens is 4. The lowest BCUT2D eigenvalue weighted by atomic mass is 9.98. The quantitative estimate of drug-likeness (QED) is 0.837. The SMILES string of the molecule is Cc1nc(C)n(C2CCCN(C(=O)c3csc(C(C)(C)C)n3)C2)n1. The van der Waals surface area contributed by atoms with Gasteiger partial charge in [-0.05, 0) is 26.7 Å². The van der Waals surface area contributed by atoms with E-state index in [1.165, 1.54) is 0 Å². The molecule has 6 nitrogen and oxygen atoms in total. The zero-order valence-corrected chi connectivity index (χ0v) is 15.9. The van der Waals surface area contributed by atoms with Crippen molar-refractivity contribution in [1.29, 1.82) is 0 Å². The van der Waals surface area contributed by atoms with Crippen molar-refractivity contribution >= 4 is 17.2 Å². The number of aryl methyl sites for hydroxylation is 2. The van der Waals surface area contributed by atoms with Gasteiger partial charge in [0.2, 0.25) is 0 Å². The van der Waals surface area contributed by atoms with E-state index in [0.29, 0.717) is 12.2 Å². The van der Waals surface area contributed by atoms with Crippen LogP contribution in [0.3, 0.4) is 0 Å². The summed E-state index contributed by atoms with van der Waals surface area (Å²) in [5, 5.41) is 7.38. The maximum Gasteiger partial charge on any atom is 0.273 e. The van der Waals surface area contributed by atoms with Crippen LogP contribution in [0.4, 0.5) is 0 Å². The lowest BCUT2D eigenvalue weighted by Gasteiger charge is -2.32. The van der Waals surface area contributed by atoms with E-state index in [4.69, 9.17) is 0 Å². The molecule has 130 valence electrons. The van der Waals surface area contributed by atoms with Gasteiger partial charge < -0.3 is 4.90 Å². The Morgan fingerprint density at radius 1 is 1.29 bits per heavy atom. The van der Waals surface area contributed by atoms with E-state index in [1.54, 1.807) is 11.3 Å². The number of carbonyl (C=O) groups is 1. The molecule has 2 aromatic rings. The molecular weight excluding hydrogens is 322 g/mol. The normalized spacial score (nSPS) is 18.9. The third-order valence-electron chi connectivity index (χ3n) is 4.30. The first-order valence-electron chi connectivity index (χ1n) is 8.41. The third kappa shape index (κ3) is 3.36. The minimum absolute atomic E-state index is 0.0248. The summed E-state index contributed by atoms with van der Waals surface area (Å²) in [6.45, 7) is 11.7. The van der Waals surface area contributed by atoms with Crippen LogP contribution < -0.4 is 0 Å². The summed E-state index contributed by atoms with van der Waals surface area (Å²) in [6, 6.07) is 0.199. The molecule has 1 aliphatic rings. The minimum Gasteiger partial charge on any atom is -0.335 e. The molecule has 1 atom stereocenters. The van der Waals surface area contributed by atoms with Crippen LogP contribution in [-0.4, -0.2) is 43.6 Å². The molecule has 3 rings (SSSR count). The smallest absolute Gasteiger partial charge is 0.273 e. The minimum atomic E-state index is -0.0248. The zero-order chi connectivity index (χ0) is 17.5. The summed E-state index contributed by atoms with van der Waals surface area (Å²) in [5.41, 5.74) is 0.542. The Balaban J connectivity index is 1.76. The number of thiazole rings is 1. The van der Waals surface area contributed by atoms with E-state index in [9.17, 15) is 4.79 Å². The van der Waals surface area contributed by atoms with E-state index >= 15 is 0 Å². The highest BCUT2D eigenvalue weighted by Crippen LogP contribution is 2.27. The second-order valence-corrected chi connectivity index (χ2v) is 8.34. The molecule has 1 fully saturated rings. The van der Waals surface area contributed by atoms with Gasteiger partial charge in [-0.1, -0.05) is 20.8 Å². The average molecular weight is 347 g/mol. The fourth-order valence-electron chi connectivity index (χ4n) is 3.10. The Kier molecular flexibility index (Phi) is 4.46. The lowest BCUT2D eigenvalue weighted by molar-refractivity contribution is 0.0666. The summed E-state index contributed by atoms with van der Waals surface area (Å²) < 4.78 is 1.97. The van der Waals surface area contributed by atoms with Crippen LogP contribution in [0.15, 0.2) is 5.38 Å². The summed E-state index contributed by atoms with van der Waals surface area (Å²) in [5.74, 6) is 1.72. The number of hydrogen-bond acceptors (Lipinski definition) is 5. The largest absolute Gasteiger partial charge is 0.335 e. The van der Waals surface area contributed by atoms with Crippen LogP contribution in [0, 0.1) is 13.8 Å². The Bertz CT molecular complexity index is 742. The molecule has 1 saturated heterocycles. The van der Waals surface area contributed by atoms with Crippen molar-refractivity contribution in [3.05, 3.63) is 27.7 Å². The van der Waals surface area contributed by atoms with E-state index in [-0.39, 0.29) is 17.4 Å². The second kappa shape index (κ2) is 6.27.